The quantitative estimate of drug-likeness (QED) is 0.762. The van der Waals surface area contributed by atoms with Crippen molar-refractivity contribution in [3.63, 3.8) is 0 Å². The number of carbonyl (C=O) groups excluding carboxylic acids is 1. The van der Waals surface area contributed by atoms with Gasteiger partial charge >= 0.3 is 0 Å². The Kier molecular flexibility index (Phi) is 5.78. The first-order valence-electron chi connectivity index (χ1n) is 7.34. The molecule has 2 N–H and O–H groups in total. The molecule has 3 nitrogen and oxygen atoms in total. The largest absolute Gasteiger partial charge is 0.393 e. The highest BCUT2D eigenvalue weighted by Gasteiger charge is 2.43. The van der Waals surface area contributed by atoms with E-state index < -0.39 is 0 Å². The van der Waals surface area contributed by atoms with E-state index in [1.54, 1.807) is 0 Å². The monoisotopic (exact) mass is 284 g/mol. The number of nitrogens with two attached hydrogens (primary N) is 1. The number of hydrogen-bond donors (Lipinski definition) is 1. The number of rotatable bonds is 6. The lowest BCUT2D eigenvalue weighted by molar-refractivity contribution is -0.143. The third-order valence-corrected chi connectivity index (χ3v) is 4.46. The normalized spacial score (nSPS) is 19.4. The molecule has 0 aromatic heterocycles. The van der Waals surface area contributed by atoms with Gasteiger partial charge in [0, 0.05) is 24.9 Å². The summed E-state index contributed by atoms with van der Waals surface area (Å²) in [6.45, 7) is 6.42. The van der Waals surface area contributed by atoms with E-state index in [1.165, 1.54) is 12.8 Å². The topological polar surface area (TPSA) is 46.3 Å². The third-order valence-electron chi connectivity index (χ3n) is 4.29. The molecule has 0 aromatic rings. The van der Waals surface area contributed by atoms with Crippen LogP contribution in [0.15, 0.2) is 0 Å². The molecule has 4 heteroatoms. The Balaban J connectivity index is 2.79. The molecule has 0 bridgehead atoms. The van der Waals surface area contributed by atoms with Gasteiger partial charge in [0.25, 0.3) is 0 Å². The molecule has 110 valence electrons. The first-order valence-corrected chi connectivity index (χ1v) is 7.75. The van der Waals surface area contributed by atoms with E-state index in [-0.39, 0.29) is 11.5 Å². The van der Waals surface area contributed by atoms with Crippen LogP contribution >= 0.6 is 12.2 Å². The molecular weight excluding hydrogens is 256 g/mol. The zero-order valence-corrected chi connectivity index (χ0v) is 13.6. The zero-order valence-electron chi connectivity index (χ0n) is 12.7. The van der Waals surface area contributed by atoms with Crippen LogP contribution in [0.4, 0.5) is 0 Å². The maximum atomic E-state index is 12.9. The number of amides is 1. The molecular formula is C15H28N2OS. The van der Waals surface area contributed by atoms with Crippen molar-refractivity contribution in [2.45, 2.75) is 65.3 Å². The number of carbonyl (C=O) groups is 1. The second kappa shape index (κ2) is 6.69. The highest BCUT2D eigenvalue weighted by atomic mass is 32.1. The molecule has 0 aliphatic heterocycles. The van der Waals surface area contributed by atoms with Crippen LogP contribution in [0.3, 0.4) is 0 Å². The van der Waals surface area contributed by atoms with Crippen LogP contribution in [0.25, 0.3) is 0 Å². The van der Waals surface area contributed by atoms with Crippen molar-refractivity contribution in [1.82, 2.24) is 4.90 Å². The van der Waals surface area contributed by atoms with Crippen LogP contribution in [0.2, 0.25) is 0 Å². The molecule has 1 aliphatic carbocycles. The fourth-order valence-electron chi connectivity index (χ4n) is 3.34. The van der Waals surface area contributed by atoms with Crippen LogP contribution in [0.1, 0.15) is 59.3 Å². The first-order chi connectivity index (χ1) is 8.78. The molecule has 0 saturated heterocycles. The maximum absolute atomic E-state index is 12.9. The van der Waals surface area contributed by atoms with Gasteiger partial charge < -0.3 is 10.6 Å². The van der Waals surface area contributed by atoms with E-state index >= 15 is 0 Å². The number of nitrogens with zero attached hydrogens (tertiary/aromatic N) is 1. The molecule has 1 rings (SSSR count). The van der Waals surface area contributed by atoms with Gasteiger partial charge in [0.1, 0.15) is 0 Å². The fourth-order valence-corrected chi connectivity index (χ4v) is 3.58. The van der Waals surface area contributed by atoms with Crippen molar-refractivity contribution in [3.8, 4) is 0 Å². The number of hydrogen-bond acceptors (Lipinski definition) is 2. The van der Waals surface area contributed by atoms with Crippen LogP contribution < -0.4 is 5.73 Å². The van der Waals surface area contributed by atoms with Crippen molar-refractivity contribution >= 4 is 23.1 Å². The van der Waals surface area contributed by atoms with Gasteiger partial charge in [-0.1, -0.05) is 38.9 Å². The molecule has 0 heterocycles. The Labute approximate surface area is 122 Å². The Morgan fingerprint density at radius 1 is 1.32 bits per heavy atom. The van der Waals surface area contributed by atoms with Gasteiger partial charge in [0.15, 0.2) is 0 Å². The van der Waals surface area contributed by atoms with Crippen molar-refractivity contribution in [1.29, 1.82) is 0 Å². The highest BCUT2D eigenvalue weighted by Crippen LogP contribution is 2.44. The Bertz CT molecular complexity index is 335. The lowest BCUT2D eigenvalue weighted by Gasteiger charge is -2.36. The molecule has 0 spiro atoms. The number of thiocarbonyl (C=S) groups is 1. The van der Waals surface area contributed by atoms with E-state index in [1.807, 2.05) is 18.9 Å². The van der Waals surface area contributed by atoms with Gasteiger partial charge in [0.2, 0.25) is 5.91 Å². The molecule has 0 radical (unpaired) electrons. The minimum atomic E-state index is -0.132. The smallest absolute Gasteiger partial charge is 0.228 e. The van der Waals surface area contributed by atoms with Crippen molar-refractivity contribution in [2.24, 2.45) is 17.1 Å². The molecule has 1 saturated carbocycles. The van der Waals surface area contributed by atoms with E-state index in [0.717, 1.165) is 19.3 Å². The van der Waals surface area contributed by atoms with E-state index in [9.17, 15) is 4.79 Å². The minimum absolute atomic E-state index is 0.0923. The molecule has 1 amide bonds. The van der Waals surface area contributed by atoms with E-state index in [4.69, 9.17) is 18.0 Å². The van der Waals surface area contributed by atoms with Gasteiger partial charge in [-0.25, -0.2) is 0 Å². The van der Waals surface area contributed by atoms with E-state index in [0.29, 0.717) is 23.2 Å². The molecule has 1 fully saturated rings. The third kappa shape index (κ3) is 4.16. The Hall–Kier alpha value is -0.640. The first kappa shape index (κ1) is 16.4. The van der Waals surface area contributed by atoms with Gasteiger partial charge in [-0.2, -0.15) is 0 Å². The van der Waals surface area contributed by atoms with Gasteiger partial charge in [-0.15, -0.1) is 0 Å². The summed E-state index contributed by atoms with van der Waals surface area (Å²) >= 11 is 4.95. The predicted molar refractivity (Wildman–Crippen MR) is 84.0 cm³/mol. The summed E-state index contributed by atoms with van der Waals surface area (Å²) in [5.74, 6) is 0.851. The van der Waals surface area contributed by atoms with Crippen LogP contribution in [-0.4, -0.2) is 28.9 Å². The average molecular weight is 284 g/mol. The van der Waals surface area contributed by atoms with Gasteiger partial charge in [-0.3, -0.25) is 4.79 Å². The summed E-state index contributed by atoms with van der Waals surface area (Å²) in [7, 11) is 1.89. The van der Waals surface area contributed by atoms with Crippen molar-refractivity contribution in [3.05, 3.63) is 0 Å². The van der Waals surface area contributed by atoms with Crippen LogP contribution in [0.5, 0.6) is 0 Å². The second-order valence-electron chi connectivity index (χ2n) is 6.52. The summed E-state index contributed by atoms with van der Waals surface area (Å²) in [6.07, 6.45) is 6.03. The second-order valence-corrected chi connectivity index (χ2v) is 7.05. The summed E-state index contributed by atoms with van der Waals surface area (Å²) in [5, 5.41) is 0. The molecule has 1 aliphatic rings. The highest BCUT2D eigenvalue weighted by molar-refractivity contribution is 7.80. The average Bonchev–Trinajstić information content (AvgIpc) is 2.74. The maximum Gasteiger partial charge on any atom is 0.228 e. The summed E-state index contributed by atoms with van der Waals surface area (Å²) < 4.78 is 0. The predicted octanol–water partition coefficient (Wildman–Crippen LogP) is 3.12. The summed E-state index contributed by atoms with van der Waals surface area (Å²) in [4.78, 5) is 15.2. The molecule has 0 aromatic carbocycles. The van der Waals surface area contributed by atoms with Crippen molar-refractivity contribution < 1.29 is 4.79 Å². The van der Waals surface area contributed by atoms with Gasteiger partial charge in [-0.05, 0) is 32.1 Å². The fraction of sp³-hybridized carbons (Fsp3) is 0.867. The van der Waals surface area contributed by atoms with Crippen LogP contribution in [0, 0.1) is 11.3 Å². The zero-order chi connectivity index (χ0) is 14.6. The summed E-state index contributed by atoms with van der Waals surface area (Å²) in [5.41, 5.74) is 5.46. The SMILES string of the molecule is CC(C)CC1(C(=O)N(C)C(C)CC(N)=S)CCCC1. The lowest BCUT2D eigenvalue weighted by atomic mass is 9.77. The van der Waals surface area contributed by atoms with E-state index in [2.05, 4.69) is 13.8 Å². The van der Waals surface area contributed by atoms with Crippen molar-refractivity contribution in [2.75, 3.05) is 7.05 Å². The van der Waals surface area contributed by atoms with Gasteiger partial charge in [0.05, 0.1) is 4.99 Å². The standard InChI is InChI=1S/C15H28N2OS/c1-11(2)10-15(7-5-6-8-15)14(18)17(4)12(3)9-13(16)19/h11-12H,5-10H2,1-4H3,(H2,16,19). The molecule has 1 atom stereocenters. The Morgan fingerprint density at radius 3 is 2.26 bits per heavy atom. The minimum Gasteiger partial charge on any atom is -0.393 e. The Morgan fingerprint density at radius 2 is 1.84 bits per heavy atom. The molecule has 19 heavy (non-hydrogen) atoms. The summed E-state index contributed by atoms with van der Waals surface area (Å²) in [6, 6.07) is 0.0923. The molecule has 1 unspecified atom stereocenters. The lowest BCUT2D eigenvalue weighted by Crippen LogP contribution is -2.46. The van der Waals surface area contributed by atoms with Crippen LogP contribution in [-0.2, 0) is 4.79 Å².